The first-order valence-electron chi connectivity index (χ1n) is 4.81. The summed E-state index contributed by atoms with van der Waals surface area (Å²) in [6.07, 6.45) is -1.66. The van der Waals surface area contributed by atoms with Crippen LogP contribution in [0, 0.1) is 0 Å². The lowest BCUT2D eigenvalue weighted by Crippen LogP contribution is -2.36. The smallest absolute Gasteiger partial charge is 0.261 e. The Morgan fingerprint density at radius 1 is 1.53 bits per heavy atom. The molecule has 0 saturated carbocycles. The van der Waals surface area contributed by atoms with Gasteiger partial charge in [-0.25, -0.2) is 8.78 Å². The Morgan fingerprint density at radius 2 is 2.20 bits per heavy atom. The zero-order chi connectivity index (χ0) is 11.7. The number of ether oxygens (including phenoxy) is 1. The van der Waals surface area contributed by atoms with Crippen molar-refractivity contribution in [3.63, 3.8) is 0 Å². The summed E-state index contributed by atoms with van der Waals surface area (Å²) in [6, 6.07) is -0.0609. The fraction of sp³-hybridized carbons (Fsp3) is 0.889. The Morgan fingerprint density at radius 3 is 2.67 bits per heavy atom. The third-order valence-corrected chi connectivity index (χ3v) is 2.13. The van der Waals surface area contributed by atoms with Crippen molar-refractivity contribution >= 4 is 17.5 Å². The summed E-state index contributed by atoms with van der Waals surface area (Å²) >= 11 is 5.57. The quantitative estimate of drug-likeness (QED) is 0.521. The van der Waals surface area contributed by atoms with Gasteiger partial charge >= 0.3 is 0 Å². The number of alkyl halides is 3. The maximum Gasteiger partial charge on any atom is 0.261 e. The van der Waals surface area contributed by atoms with Crippen molar-refractivity contribution in [2.75, 3.05) is 19.1 Å². The first kappa shape index (κ1) is 14.6. The van der Waals surface area contributed by atoms with E-state index in [0.29, 0.717) is 5.88 Å². The predicted molar refractivity (Wildman–Crippen MR) is 54.4 cm³/mol. The van der Waals surface area contributed by atoms with E-state index >= 15 is 0 Å². The van der Waals surface area contributed by atoms with Crippen LogP contribution in [0.3, 0.4) is 0 Å². The molecule has 1 unspecified atom stereocenters. The molecule has 0 rings (SSSR count). The van der Waals surface area contributed by atoms with E-state index in [-0.39, 0.29) is 25.0 Å². The number of hydrogen-bond acceptors (Lipinski definition) is 2. The number of carbonyl (C=O) groups excluding carboxylic acids is 1. The molecule has 90 valence electrons. The summed E-state index contributed by atoms with van der Waals surface area (Å²) in [6.45, 7) is 1.29. The van der Waals surface area contributed by atoms with Crippen molar-refractivity contribution in [3.05, 3.63) is 0 Å². The number of carbonyl (C=O) groups is 1. The molecule has 0 aromatic rings. The van der Waals surface area contributed by atoms with Gasteiger partial charge in [-0.05, 0) is 6.42 Å². The van der Waals surface area contributed by atoms with Crippen LogP contribution in [0.1, 0.15) is 19.8 Å². The van der Waals surface area contributed by atoms with E-state index < -0.39 is 13.0 Å². The summed E-state index contributed by atoms with van der Waals surface area (Å²) in [7, 11) is 0. The van der Waals surface area contributed by atoms with Crippen molar-refractivity contribution in [2.24, 2.45) is 0 Å². The van der Waals surface area contributed by atoms with Crippen LogP contribution in [0.4, 0.5) is 8.78 Å². The van der Waals surface area contributed by atoms with Gasteiger partial charge in [-0.3, -0.25) is 4.79 Å². The van der Waals surface area contributed by atoms with Crippen LogP contribution < -0.4 is 5.32 Å². The molecule has 6 heteroatoms. The number of amides is 1. The Bertz CT molecular complexity index is 177. The van der Waals surface area contributed by atoms with Crippen LogP contribution in [0.5, 0.6) is 0 Å². The Balaban J connectivity index is 3.48. The largest absolute Gasteiger partial charge is 0.375 e. The van der Waals surface area contributed by atoms with E-state index in [9.17, 15) is 13.6 Å². The lowest BCUT2D eigenvalue weighted by molar-refractivity contribution is -0.123. The van der Waals surface area contributed by atoms with Crippen molar-refractivity contribution in [2.45, 2.75) is 32.2 Å². The topological polar surface area (TPSA) is 38.3 Å². The highest BCUT2D eigenvalue weighted by atomic mass is 35.5. The molecule has 0 saturated heterocycles. The van der Waals surface area contributed by atoms with Crippen LogP contribution in [-0.4, -0.2) is 37.5 Å². The van der Waals surface area contributed by atoms with E-state index in [1.54, 1.807) is 0 Å². The average Bonchev–Trinajstić information content (AvgIpc) is 2.20. The zero-order valence-electron chi connectivity index (χ0n) is 8.64. The fourth-order valence-corrected chi connectivity index (χ4v) is 1.18. The van der Waals surface area contributed by atoms with Crippen LogP contribution in [0.25, 0.3) is 0 Å². The molecule has 0 bridgehead atoms. The second kappa shape index (κ2) is 8.85. The Kier molecular flexibility index (Phi) is 8.61. The SMILES string of the molecule is CCC(CCl)NC(=O)CCOCC(F)F. The molecule has 1 N–H and O–H groups in total. The van der Waals surface area contributed by atoms with Crippen LogP contribution >= 0.6 is 11.6 Å². The third kappa shape index (κ3) is 8.57. The van der Waals surface area contributed by atoms with Crippen molar-refractivity contribution in [1.29, 1.82) is 0 Å². The summed E-state index contributed by atoms with van der Waals surface area (Å²) in [5.74, 6) is 0.122. The normalized spacial score (nSPS) is 12.9. The van der Waals surface area contributed by atoms with Crippen molar-refractivity contribution in [3.8, 4) is 0 Å². The molecule has 0 aromatic heterocycles. The minimum absolute atomic E-state index is 0.00882. The summed E-state index contributed by atoms with van der Waals surface area (Å²) in [4.78, 5) is 11.2. The molecular weight excluding hydrogens is 228 g/mol. The molecule has 0 radical (unpaired) electrons. The number of halogens is 3. The highest BCUT2D eigenvalue weighted by molar-refractivity contribution is 6.18. The van der Waals surface area contributed by atoms with E-state index in [4.69, 9.17) is 11.6 Å². The molecule has 0 heterocycles. The minimum Gasteiger partial charge on any atom is -0.375 e. The van der Waals surface area contributed by atoms with Gasteiger partial charge in [-0.1, -0.05) is 6.92 Å². The maximum absolute atomic E-state index is 11.6. The summed E-state index contributed by atoms with van der Waals surface area (Å²) < 4.78 is 27.8. The third-order valence-electron chi connectivity index (χ3n) is 1.76. The molecule has 0 spiro atoms. The molecule has 0 aliphatic rings. The number of rotatable bonds is 8. The van der Waals surface area contributed by atoms with Crippen LogP contribution in [-0.2, 0) is 9.53 Å². The fourth-order valence-electron chi connectivity index (χ4n) is 0.887. The number of nitrogens with one attached hydrogen (secondary N) is 1. The molecular formula is C9H16ClF2NO2. The van der Waals surface area contributed by atoms with Gasteiger partial charge < -0.3 is 10.1 Å². The molecule has 15 heavy (non-hydrogen) atoms. The van der Waals surface area contributed by atoms with Gasteiger partial charge in [0.1, 0.15) is 6.61 Å². The molecule has 1 amide bonds. The van der Waals surface area contributed by atoms with E-state index in [2.05, 4.69) is 10.1 Å². The van der Waals surface area contributed by atoms with Gasteiger partial charge in [0, 0.05) is 18.3 Å². The monoisotopic (exact) mass is 243 g/mol. The van der Waals surface area contributed by atoms with Crippen LogP contribution in [0.2, 0.25) is 0 Å². The molecule has 3 nitrogen and oxygen atoms in total. The highest BCUT2D eigenvalue weighted by Crippen LogP contribution is 1.96. The second-order valence-corrected chi connectivity index (χ2v) is 3.35. The molecule has 1 atom stereocenters. The standard InChI is InChI=1S/C9H16ClF2NO2/c1-2-7(5-10)13-9(14)3-4-15-6-8(11)12/h7-8H,2-6H2,1H3,(H,13,14). The van der Waals surface area contributed by atoms with Gasteiger partial charge in [0.25, 0.3) is 6.43 Å². The van der Waals surface area contributed by atoms with Crippen molar-refractivity contribution < 1.29 is 18.3 Å². The van der Waals surface area contributed by atoms with E-state index in [0.717, 1.165) is 6.42 Å². The lowest BCUT2D eigenvalue weighted by Gasteiger charge is -2.13. The average molecular weight is 244 g/mol. The van der Waals surface area contributed by atoms with Gasteiger partial charge in [-0.15, -0.1) is 11.6 Å². The summed E-state index contributed by atoms with van der Waals surface area (Å²) in [5.41, 5.74) is 0. The first-order valence-corrected chi connectivity index (χ1v) is 5.34. The number of hydrogen-bond donors (Lipinski definition) is 1. The molecule has 0 aliphatic heterocycles. The lowest BCUT2D eigenvalue weighted by atomic mass is 10.2. The van der Waals surface area contributed by atoms with Gasteiger partial charge in [0.15, 0.2) is 0 Å². The maximum atomic E-state index is 11.6. The Labute approximate surface area is 93.1 Å². The second-order valence-electron chi connectivity index (χ2n) is 3.04. The summed E-state index contributed by atoms with van der Waals surface area (Å²) in [5, 5.41) is 2.67. The highest BCUT2D eigenvalue weighted by Gasteiger charge is 2.09. The van der Waals surface area contributed by atoms with Crippen molar-refractivity contribution in [1.82, 2.24) is 5.32 Å². The van der Waals surface area contributed by atoms with Gasteiger partial charge in [0.05, 0.1) is 6.61 Å². The predicted octanol–water partition coefficient (Wildman–Crippen LogP) is 1.79. The van der Waals surface area contributed by atoms with E-state index in [1.807, 2.05) is 6.92 Å². The Hall–Kier alpha value is -0.420. The first-order chi connectivity index (χ1) is 7.10. The molecule has 0 aromatic carbocycles. The molecule has 0 aliphatic carbocycles. The van der Waals surface area contributed by atoms with Gasteiger partial charge in [0.2, 0.25) is 5.91 Å². The van der Waals surface area contributed by atoms with Crippen LogP contribution in [0.15, 0.2) is 0 Å². The minimum atomic E-state index is -2.49. The molecule has 0 fully saturated rings. The van der Waals surface area contributed by atoms with Gasteiger partial charge in [-0.2, -0.15) is 0 Å². The van der Waals surface area contributed by atoms with E-state index in [1.165, 1.54) is 0 Å². The zero-order valence-corrected chi connectivity index (χ0v) is 9.40.